The lowest BCUT2D eigenvalue weighted by Crippen LogP contribution is -2.48. The maximum absolute atomic E-state index is 13.1. The number of benzene rings is 2. The van der Waals surface area contributed by atoms with Gasteiger partial charge in [-0.15, -0.1) is 0 Å². The molecule has 2 aromatic carbocycles. The van der Waals surface area contributed by atoms with E-state index in [1.165, 1.54) is 12.8 Å². The molecular weight excluding hydrogens is 641 g/mol. The molecule has 1 unspecified atom stereocenters. The Morgan fingerprint density at radius 3 is 2.67 bits per heavy atom. The molecule has 0 bridgehead atoms. The number of rotatable bonds is 9. The summed E-state index contributed by atoms with van der Waals surface area (Å²) in [6.45, 7) is 7.27. The molecule has 9 nitrogen and oxygen atoms in total. The number of fused-ring (bicyclic) bond motifs is 3. The van der Waals surface area contributed by atoms with Gasteiger partial charge in [0.05, 0.1) is 41.6 Å². The molecule has 258 valence electrons. The van der Waals surface area contributed by atoms with E-state index in [0.717, 1.165) is 83.9 Å². The average molecular weight is 687 g/mol. The summed E-state index contributed by atoms with van der Waals surface area (Å²) in [4.78, 5) is 31.9. The first-order chi connectivity index (χ1) is 23.8. The van der Waals surface area contributed by atoms with Gasteiger partial charge in [-0.3, -0.25) is 14.6 Å². The highest BCUT2D eigenvalue weighted by molar-refractivity contribution is 6.36. The van der Waals surface area contributed by atoms with Crippen molar-refractivity contribution in [2.75, 3.05) is 70.9 Å². The van der Waals surface area contributed by atoms with Crippen molar-refractivity contribution in [1.29, 1.82) is 0 Å². The number of hydrogen-bond donors (Lipinski definition) is 0. The van der Waals surface area contributed by atoms with Crippen molar-refractivity contribution in [2.24, 2.45) is 5.92 Å². The first-order valence-corrected chi connectivity index (χ1v) is 18.3. The minimum atomic E-state index is -0.731. The second-order valence-corrected chi connectivity index (χ2v) is 15.0. The topological polar surface area (TPSA) is 68.0 Å². The van der Waals surface area contributed by atoms with Crippen LogP contribution in [-0.2, 0) is 17.8 Å². The molecule has 0 radical (unpaired) electrons. The van der Waals surface area contributed by atoms with E-state index in [4.69, 9.17) is 26.3 Å². The second kappa shape index (κ2) is 13.6. The number of nitrogens with zero attached hydrogens (tertiary/aromatic N) is 7. The van der Waals surface area contributed by atoms with E-state index >= 15 is 0 Å². The predicted molar refractivity (Wildman–Crippen MR) is 191 cm³/mol. The molecule has 1 amide bonds. The summed E-state index contributed by atoms with van der Waals surface area (Å²) in [5, 5.41) is 2.94. The molecule has 0 aliphatic carbocycles. The van der Waals surface area contributed by atoms with Crippen molar-refractivity contribution in [3.8, 4) is 6.01 Å². The van der Waals surface area contributed by atoms with Crippen molar-refractivity contribution in [3.63, 3.8) is 0 Å². The lowest BCUT2D eigenvalue weighted by molar-refractivity contribution is -0.407. The fourth-order valence-electron chi connectivity index (χ4n) is 8.71. The third-order valence-electron chi connectivity index (χ3n) is 11.3. The summed E-state index contributed by atoms with van der Waals surface area (Å²) in [6, 6.07) is 12.9. The Bertz CT molecular complexity index is 1780. The monoisotopic (exact) mass is 686 g/mol. The van der Waals surface area contributed by atoms with E-state index in [2.05, 4.69) is 51.9 Å². The molecule has 5 aliphatic heterocycles. The number of likely N-dealkylation sites (tertiary alicyclic amines) is 2. The fourth-order valence-corrected chi connectivity index (χ4v) is 8.99. The molecule has 8 rings (SSSR count). The number of carbonyl (C=O) groups is 1. The van der Waals surface area contributed by atoms with Crippen LogP contribution in [0.5, 0.6) is 6.01 Å². The molecule has 0 N–H and O–H groups in total. The summed E-state index contributed by atoms with van der Waals surface area (Å²) < 4.78 is 21.8. The van der Waals surface area contributed by atoms with E-state index in [1.54, 1.807) is 6.08 Å². The number of alkyl halides is 1. The van der Waals surface area contributed by atoms with E-state index in [0.29, 0.717) is 51.9 Å². The summed E-state index contributed by atoms with van der Waals surface area (Å²) in [5.41, 5.74) is 3.34. The van der Waals surface area contributed by atoms with Gasteiger partial charge in [0.1, 0.15) is 12.8 Å². The minimum Gasteiger partial charge on any atom is -0.443 e. The van der Waals surface area contributed by atoms with Gasteiger partial charge in [-0.05, 0) is 62.7 Å². The molecule has 0 spiro atoms. The first kappa shape index (κ1) is 32.6. The zero-order valence-corrected chi connectivity index (χ0v) is 29.1. The molecule has 11 heteroatoms. The molecule has 4 fully saturated rings. The van der Waals surface area contributed by atoms with Gasteiger partial charge in [0, 0.05) is 73.7 Å². The lowest BCUT2D eigenvalue weighted by atomic mass is 9.95. The quantitative estimate of drug-likeness (QED) is 0.173. The van der Waals surface area contributed by atoms with E-state index in [-0.39, 0.29) is 17.4 Å². The van der Waals surface area contributed by atoms with Gasteiger partial charge in [-0.1, -0.05) is 41.9 Å². The Balaban J connectivity index is 1.04. The summed E-state index contributed by atoms with van der Waals surface area (Å²) >= 11 is 6.75. The highest BCUT2D eigenvalue weighted by Gasteiger charge is 2.45. The van der Waals surface area contributed by atoms with Crippen LogP contribution in [0.15, 0.2) is 48.6 Å². The summed E-state index contributed by atoms with van der Waals surface area (Å²) in [5.74, 6) is 1.11. The number of aromatic nitrogens is 2. The van der Waals surface area contributed by atoms with Crippen LogP contribution < -0.4 is 9.64 Å². The third-order valence-corrected chi connectivity index (χ3v) is 11.6. The second-order valence-electron chi connectivity index (χ2n) is 14.6. The maximum Gasteiger partial charge on any atom is 0.434 e. The van der Waals surface area contributed by atoms with Crippen LogP contribution in [0.4, 0.5) is 15.9 Å². The van der Waals surface area contributed by atoms with Crippen molar-refractivity contribution in [1.82, 2.24) is 24.7 Å². The van der Waals surface area contributed by atoms with Crippen LogP contribution in [0.1, 0.15) is 43.4 Å². The highest BCUT2D eigenvalue weighted by Crippen LogP contribution is 2.40. The van der Waals surface area contributed by atoms with Crippen LogP contribution >= 0.6 is 11.6 Å². The van der Waals surface area contributed by atoms with Crippen LogP contribution in [-0.4, -0.2) is 119 Å². The van der Waals surface area contributed by atoms with Crippen molar-refractivity contribution >= 4 is 46.0 Å². The lowest BCUT2D eigenvalue weighted by Gasteiger charge is -2.33. The molecule has 3 aromatic rings. The molecule has 0 saturated carbocycles. The van der Waals surface area contributed by atoms with Gasteiger partial charge >= 0.3 is 11.8 Å². The minimum absolute atomic E-state index is 0.0202. The SMILES string of the molecule is C/[N+](=C\C1CCN(C(=O)/C=C/CN2CC(F)C2)C1)c1nc(OCC23CCCN2CCC3)nc2c1CCN(c1cccc3cccc(Cl)c13)C2. The van der Waals surface area contributed by atoms with E-state index in [1.807, 2.05) is 28.0 Å². The third kappa shape index (κ3) is 6.55. The fraction of sp³-hybridized carbons (Fsp3) is 0.526. The van der Waals surface area contributed by atoms with Gasteiger partial charge in [0.15, 0.2) is 0 Å². The Morgan fingerprint density at radius 1 is 1.08 bits per heavy atom. The summed E-state index contributed by atoms with van der Waals surface area (Å²) in [6.07, 6.45) is 11.4. The average Bonchev–Trinajstić information content (AvgIpc) is 3.82. The number of anilines is 1. The molecule has 4 saturated heterocycles. The number of carbonyl (C=O) groups excluding carboxylic acids is 1. The van der Waals surface area contributed by atoms with Crippen LogP contribution in [0.2, 0.25) is 5.02 Å². The Kier molecular flexibility index (Phi) is 9.05. The van der Waals surface area contributed by atoms with E-state index in [9.17, 15) is 9.18 Å². The van der Waals surface area contributed by atoms with Crippen LogP contribution in [0, 0.1) is 5.92 Å². The zero-order valence-electron chi connectivity index (χ0n) is 28.4. The largest absolute Gasteiger partial charge is 0.443 e. The highest BCUT2D eigenvalue weighted by atomic mass is 35.5. The van der Waals surface area contributed by atoms with E-state index < -0.39 is 6.17 Å². The van der Waals surface area contributed by atoms with Gasteiger partial charge in [-0.25, -0.2) is 8.97 Å². The smallest absolute Gasteiger partial charge is 0.434 e. The molecular formula is C38H46ClFN7O2+. The van der Waals surface area contributed by atoms with Crippen LogP contribution in [0.25, 0.3) is 10.8 Å². The number of halogens is 2. The van der Waals surface area contributed by atoms with Gasteiger partial charge < -0.3 is 14.5 Å². The van der Waals surface area contributed by atoms with Crippen molar-refractivity contribution < 1.29 is 18.5 Å². The maximum atomic E-state index is 13.1. The standard InChI is InChI=1S/C38H46ClFN7O2/c1-43(21-27-12-19-46(22-27)34(48)11-4-16-44-23-29(40)24-44)36-30-13-20-45(33-10-3-8-28-7-2-9-31(39)35(28)33)25-32(30)41-37(42-36)49-26-38-14-5-17-47(38)18-6-15-38/h2-4,7-11,21,27,29H,5-6,12-20,22-26H2,1H3/q+1/b11-4+,43-21+. The molecule has 5 aliphatic rings. The Morgan fingerprint density at radius 2 is 1.88 bits per heavy atom. The Hall–Kier alpha value is -3.60. The first-order valence-electron chi connectivity index (χ1n) is 17.9. The number of hydrogen-bond acceptors (Lipinski definition) is 7. The molecule has 6 heterocycles. The molecule has 49 heavy (non-hydrogen) atoms. The van der Waals surface area contributed by atoms with Gasteiger partial charge in [0.2, 0.25) is 5.91 Å². The zero-order chi connectivity index (χ0) is 33.5. The normalized spacial score (nSPS) is 23.0. The predicted octanol–water partition coefficient (Wildman–Crippen LogP) is 5.26. The number of amides is 1. The number of ether oxygens (including phenoxy) is 1. The van der Waals surface area contributed by atoms with Crippen molar-refractivity contribution in [2.45, 2.75) is 56.8 Å². The Labute approximate surface area is 293 Å². The van der Waals surface area contributed by atoms with Crippen LogP contribution in [0.3, 0.4) is 0 Å². The molecule has 1 atom stereocenters. The summed E-state index contributed by atoms with van der Waals surface area (Å²) in [7, 11) is 2.06. The van der Waals surface area contributed by atoms with Gasteiger partial charge in [0.25, 0.3) is 0 Å². The van der Waals surface area contributed by atoms with Gasteiger partial charge in [-0.2, -0.15) is 4.98 Å². The van der Waals surface area contributed by atoms with Crippen molar-refractivity contribution in [3.05, 3.63) is 64.8 Å². The molecule has 1 aromatic heterocycles.